The van der Waals surface area contributed by atoms with Crippen LogP contribution in [0.25, 0.3) is 0 Å². The van der Waals surface area contributed by atoms with Crippen LogP contribution in [0.4, 0.5) is 8.78 Å². The fourth-order valence-electron chi connectivity index (χ4n) is 4.67. The highest BCUT2D eigenvalue weighted by Gasteiger charge is 2.53. The molecule has 0 aromatic heterocycles. The fraction of sp³-hybridized carbons (Fsp3) is 0.632. The van der Waals surface area contributed by atoms with Gasteiger partial charge in [-0.3, -0.25) is 4.99 Å². The Morgan fingerprint density at radius 3 is 2.50 bits per heavy atom. The molecule has 4 atom stereocenters. The lowest BCUT2D eigenvalue weighted by Gasteiger charge is -2.23. The summed E-state index contributed by atoms with van der Waals surface area (Å²) >= 11 is 0. The van der Waals surface area contributed by atoms with Gasteiger partial charge in [0.2, 0.25) is 0 Å². The Balaban J connectivity index is 0.00000225. The number of methoxy groups -OCH3 is 1. The van der Waals surface area contributed by atoms with Gasteiger partial charge in [0.1, 0.15) is 0 Å². The van der Waals surface area contributed by atoms with Crippen molar-refractivity contribution in [3.63, 3.8) is 0 Å². The van der Waals surface area contributed by atoms with Gasteiger partial charge in [0.15, 0.2) is 17.5 Å². The largest absolute Gasteiger partial charge is 0.493 e. The predicted molar refractivity (Wildman–Crippen MR) is 112 cm³/mol. The van der Waals surface area contributed by atoms with Crippen molar-refractivity contribution in [1.82, 2.24) is 10.2 Å². The first-order valence-corrected chi connectivity index (χ1v) is 9.32. The van der Waals surface area contributed by atoms with E-state index in [0.29, 0.717) is 30.6 Å². The average Bonchev–Trinajstić information content (AvgIpc) is 3.35. The molecule has 1 aromatic rings. The summed E-state index contributed by atoms with van der Waals surface area (Å²) in [6.07, 6.45) is 3.15. The maximum Gasteiger partial charge on any atom is 0.387 e. The Bertz CT molecular complexity index is 704. The van der Waals surface area contributed by atoms with Crippen molar-refractivity contribution >= 4 is 29.9 Å². The third-order valence-electron chi connectivity index (χ3n) is 5.86. The second kappa shape index (κ2) is 8.98. The van der Waals surface area contributed by atoms with Crippen LogP contribution in [-0.2, 0) is 11.3 Å². The number of alkyl halides is 2. The van der Waals surface area contributed by atoms with E-state index in [1.165, 1.54) is 20.0 Å². The lowest BCUT2D eigenvalue weighted by atomic mass is 9.82. The molecule has 6 nitrogen and oxygen atoms in total. The molecule has 3 aliphatic rings. The first-order chi connectivity index (χ1) is 13.1. The third-order valence-corrected chi connectivity index (χ3v) is 5.86. The van der Waals surface area contributed by atoms with Gasteiger partial charge in [0.05, 0.1) is 19.3 Å². The normalized spacial score (nSPS) is 28.3. The Kier molecular flexibility index (Phi) is 6.85. The maximum absolute atomic E-state index is 12.6. The van der Waals surface area contributed by atoms with Gasteiger partial charge < -0.3 is 24.4 Å². The molecule has 4 rings (SSSR count). The number of guanidine groups is 1. The van der Waals surface area contributed by atoms with E-state index < -0.39 is 6.61 Å². The highest BCUT2D eigenvalue weighted by atomic mass is 127. The smallest absolute Gasteiger partial charge is 0.387 e. The minimum Gasteiger partial charge on any atom is -0.493 e. The van der Waals surface area contributed by atoms with Crippen molar-refractivity contribution in [3.8, 4) is 11.5 Å². The van der Waals surface area contributed by atoms with E-state index in [4.69, 9.17) is 9.47 Å². The second-order valence-electron chi connectivity index (χ2n) is 7.29. The molecular weight excluding hydrogens is 483 g/mol. The molecule has 0 amide bonds. The number of likely N-dealkylation sites (tertiary alicyclic amines) is 1. The van der Waals surface area contributed by atoms with Crippen LogP contribution in [0, 0.1) is 11.8 Å². The summed E-state index contributed by atoms with van der Waals surface area (Å²) in [5.41, 5.74) is 0.815. The summed E-state index contributed by atoms with van der Waals surface area (Å²) in [7, 11) is 3.19. The fourth-order valence-corrected chi connectivity index (χ4v) is 4.67. The molecule has 1 aromatic carbocycles. The molecule has 0 spiro atoms. The van der Waals surface area contributed by atoms with Crippen LogP contribution >= 0.6 is 24.0 Å². The number of hydrogen-bond donors (Lipinski definition) is 1. The number of ether oxygens (including phenoxy) is 3. The van der Waals surface area contributed by atoms with Crippen LogP contribution in [0.3, 0.4) is 0 Å². The van der Waals surface area contributed by atoms with Crippen LogP contribution in [0.2, 0.25) is 0 Å². The average molecular weight is 509 g/mol. The van der Waals surface area contributed by atoms with Crippen molar-refractivity contribution in [1.29, 1.82) is 0 Å². The highest BCUT2D eigenvalue weighted by molar-refractivity contribution is 14.0. The quantitative estimate of drug-likeness (QED) is 0.376. The SMILES string of the molecule is CN=C(NCc1ccc(OC)c(OC(F)F)c1)N1CC2C3CCC(O3)C2C1.I. The molecule has 0 radical (unpaired) electrons. The zero-order chi connectivity index (χ0) is 19.0. The van der Waals surface area contributed by atoms with Gasteiger partial charge in [0.25, 0.3) is 0 Å². The second-order valence-corrected chi connectivity index (χ2v) is 7.29. The molecule has 2 bridgehead atoms. The molecule has 3 saturated heterocycles. The summed E-state index contributed by atoms with van der Waals surface area (Å²) in [5, 5.41) is 3.34. The van der Waals surface area contributed by atoms with Gasteiger partial charge in [-0.05, 0) is 30.5 Å². The zero-order valence-electron chi connectivity index (χ0n) is 15.9. The summed E-state index contributed by atoms with van der Waals surface area (Å²) in [5.74, 6) is 2.33. The first-order valence-electron chi connectivity index (χ1n) is 9.32. The van der Waals surface area contributed by atoms with E-state index in [0.717, 1.165) is 24.6 Å². The van der Waals surface area contributed by atoms with Gasteiger partial charge >= 0.3 is 6.61 Å². The Morgan fingerprint density at radius 1 is 1.25 bits per heavy atom. The Hall–Kier alpha value is -1.36. The molecule has 0 saturated carbocycles. The number of halogens is 3. The van der Waals surface area contributed by atoms with Crippen molar-refractivity contribution in [2.24, 2.45) is 16.8 Å². The lowest BCUT2D eigenvalue weighted by Crippen LogP contribution is -2.41. The number of benzene rings is 1. The van der Waals surface area contributed by atoms with Gasteiger partial charge in [-0.2, -0.15) is 8.78 Å². The summed E-state index contributed by atoms with van der Waals surface area (Å²) in [4.78, 5) is 6.68. The highest BCUT2D eigenvalue weighted by Crippen LogP contribution is 2.47. The molecule has 3 heterocycles. The van der Waals surface area contributed by atoms with Crippen molar-refractivity contribution < 1.29 is 23.0 Å². The molecule has 156 valence electrons. The first kappa shape index (κ1) is 21.4. The van der Waals surface area contributed by atoms with E-state index in [1.807, 2.05) is 6.07 Å². The minimum absolute atomic E-state index is 0. The van der Waals surface area contributed by atoms with Crippen molar-refractivity contribution in [2.45, 2.75) is 38.2 Å². The third kappa shape index (κ3) is 4.14. The van der Waals surface area contributed by atoms with E-state index >= 15 is 0 Å². The van der Waals surface area contributed by atoms with Gasteiger partial charge in [0, 0.05) is 38.5 Å². The summed E-state index contributed by atoms with van der Waals surface area (Å²) in [6, 6.07) is 5.02. The molecule has 28 heavy (non-hydrogen) atoms. The number of hydrogen-bond acceptors (Lipinski definition) is 4. The van der Waals surface area contributed by atoms with Gasteiger partial charge in [-0.15, -0.1) is 24.0 Å². The van der Waals surface area contributed by atoms with E-state index in [-0.39, 0.29) is 35.5 Å². The number of fused-ring (bicyclic) bond motifs is 5. The summed E-state index contributed by atoms with van der Waals surface area (Å²) < 4.78 is 40.8. The number of nitrogens with zero attached hydrogens (tertiary/aromatic N) is 2. The van der Waals surface area contributed by atoms with Gasteiger partial charge in [-0.25, -0.2) is 0 Å². The lowest BCUT2D eigenvalue weighted by molar-refractivity contribution is -0.0512. The van der Waals surface area contributed by atoms with Crippen LogP contribution in [0.1, 0.15) is 18.4 Å². The standard InChI is InChI=1S/C19H25F2N3O3.HI/c1-22-19(24-9-12-13(10-24)15-6-5-14(12)26-15)23-8-11-3-4-16(25-2)17(7-11)27-18(20)21;/h3-4,7,12-15,18H,5-6,8-10H2,1-2H3,(H,22,23);1H. The van der Waals surface area contributed by atoms with Crippen LogP contribution in [0.15, 0.2) is 23.2 Å². The molecule has 3 fully saturated rings. The van der Waals surface area contributed by atoms with E-state index in [1.54, 1.807) is 19.2 Å². The molecule has 0 aliphatic carbocycles. The summed E-state index contributed by atoms with van der Waals surface area (Å²) in [6.45, 7) is -0.524. The number of rotatable bonds is 5. The van der Waals surface area contributed by atoms with Crippen LogP contribution in [-0.4, -0.2) is 56.9 Å². The molecule has 1 N–H and O–H groups in total. The van der Waals surface area contributed by atoms with Crippen molar-refractivity contribution in [2.75, 3.05) is 27.2 Å². The topological polar surface area (TPSA) is 55.3 Å². The monoisotopic (exact) mass is 509 g/mol. The van der Waals surface area contributed by atoms with Crippen molar-refractivity contribution in [3.05, 3.63) is 23.8 Å². The minimum atomic E-state index is -2.89. The number of nitrogens with one attached hydrogen (secondary N) is 1. The maximum atomic E-state index is 12.6. The van der Waals surface area contributed by atoms with Crippen LogP contribution in [0.5, 0.6) is 11.5 Å². The molecule has 4 unspecified atom stereocenters. The molecular formula is C19H26F2IN3O3. The Morgan fingerprint density at radius 2 is 1.93 bits per heavy atom. The van der Waals surface area contributed by atoms with E-state index in [2.05, 4.69) is 19.9 Å². The molecule has 9 heteroatoms. The predicted octanol–water partition coefficient (Wildman–Crippen LogP) is 3.10. The zero-order valence-corrected chi connectivity index (χ0v) is 18.3. The molecule has 3 aliphatic heterocycles. The van der Waals surface area contributed by atoms with Gasteiger partial charge in [-0.1, -0.05) is 6.07 Å². The number of aliphatic imine (C=N–C) groups is 1. The van der Waals surface area contributed by atoms with E-state index in [9.17, 15) is 8.78 Å². The van der Waals surface area contributed by atoms with Crippen LogP contribution < -0.4 is 14.8 Å². The Labute approximate surface area is 180 Å².